The minimum absolute atomic E-state index is 0.0512. The third-order valence-electron chi connectivity index (χ3n) is 4.89. The molecule has 0 saturated carbocycles. The van der Waals surface area contributed by atoms with Gasteiger partial charge in [-0.05, 0) is 35.4 Å². The van der Waals surface area contributed by atoms with Gasteiger partial charge in [0.1, 0.15) is 12.8 Å². The van der Waals surface area contributed by atoms with Crippen LogP contribution in [-0.2, 0) is 16.1 Å². The summed E-state index contributed by atoms with van der Waals surface area (Å²) in [4.78, 5) is 14.0. The summed E-state index contributed by atoms with van der Waals surface area (Å²) in [6.07, 6.45) is -1.22. The van der Waals surface area contributed by atoms with Gasteiger partial charge in [0.15, 0.2) is 0 Å². The standard InChI is InChI=1S/C19H17F3N2O2S/c20-19(21,22)27-18-10-11-24(16(18)23-15-9-5-4-8-14(15)18)17(25)26-12-13-6-2-1-3-7-13/h1-9,16,23H,10-12H2/t16-,18+/m0/s1. The number of likely N-dealkylation sites (tertiary alicyclic amines) is 1. The number of rotatable bonds is 3. The van der Waals surface area contributed by atoms with Gasteiger partial charge >= 0.3 is 11.6 Å². The fourth-order valence-electron chi connectivity index (χ4n) is 3.77. The maximum absolute atomic E-state index is 13.3. The first kappa shape index (κ1) is 18.0. The number of carbonyl (C=O) groups excluding carboxylic acids is 1. The summed E-state index contributed by atoms with van der Waals surface area (Å²) >= 11 is -0.0512. The molecule has 0 radical (unpaired) electrons. The quantitative estimate of drug-likeness (QED) is 0.802. The molecule has 2 heterocycles. The van der Waals surface area contributed by atoms with Crippen molar-refractivity contribution in [1.29, 1.82) is 0 Å². The second-order valence-corrected chi connectivity index (χ2v) is 7.91. The number of alkyl halides is 3. The molecular weight excluding hydrogens is 377 g/mol. The van der Waals surface area contributed by atoms with E-state index in [1.807, 2.05) is 30.3 Å². The second kappa shape index (κ2) is 6.67. The summed E-state index contributed by atoms with van der Waals surface area (Å²) < 4.78 is 44.1. The van der Waals surface area contributed by atoms with E-state index in [4.69, 9.17) is 4.74 Å². The smallest absolute Gasteiger partial charge is 0.442 e. The maximum Gasteiger partial charge on any atom is 0.442 e. The Kier molecular flexibility index (Phi) is 4.46. The van der Waals surface area contributed by atoms with Crippen molar-refractivity contribution >= 4 is 23.5 Å². The van der Waals surface area contributed by atoms with Crippen LogP contribution in [-0.4, -0.2) is 29.2 Å². The summed E-state index contributed by atoms with van der Waals surface area (Å²) in [7, 11) is 0. The second-order valence-electron chi connectivity index (χ2n) is 6.51. The van der Waals surface area contributed by atoms with Gasteiger partial charge in [0.25, 0.3) is 0 Å². The first-order valence-corrected chi connectivity index (χ1v) is 9.31. The molecule has 142 valence electrons. The predicted octanol–water partition coefficient (Wildman–Crippen LogP) is 4.93. The number of ether oxygens (including phenoxy) is 1. The molecule has 1 fully saturated rings. The van der Waals surface area contributed by atoms with Crippen molar-refractivity contribution in [1.82, 2.24) is 4.90 Å². The molecule has 4 rings (SSSR count). The number of fused-ring (bicyclic) bond motifs is 3. The van der Waals surface area contributed by atoms with Crippen molar-refractivity contribution in [3.05, 3.63) is 65.7 Å². The first-order valence-electron chi connectivity index (χ1n) is 8.49. The molecule has 2 aliphatic heterocycles. The summed E-state index contributed by atoms with van der Waals surface area (Å²) in [5.41, 5.74) is -2.39. The van der Waals surface area contributed by atoms with Gasteiger partial charge in [0.05, 0.1) is 4.75 Å². The molecule has 1 saturated heterocycles. The lowest BCUT2D eigenvalue weighted by Gasteiger charge is -2.32. The van der Waals surface area contributed by atoms with Gasteiger partial charge in [-0.3, -0.25) is 4.90 Å². The highest BCUT2D eigenvalue weighted by Gasteiger charge is 2.60. The molecule has 2 aliphatic rings. The molecule has 2 aromatic carbocycles. The molecule has 2 atom stereocenters. The Hall–Kier alpha value is -2.35. The van der Waals surface area contributed by atoms with Gasteiger partial charge in [-0.1, -0.05) is 48.5 Å². The molecule has 0 bridgehead atoms. The topological polar surface area (TPSA) is 41.6 Å². The highest BCUT2D eigenvalue weighted by Crippen LogP contribution is 2.59. The van der Waals surface area contributed by atoms with E-state index in [-0.39, 0.29) is 31.3 Å². The number of amides is 1. The average molecular weight is 394 g/mol. The fourth-order valence-corrected chi connectivity index (χ4v) is 4.97. The van der Waals surface area contributed by atoms with Gasteiger partial charge in [0.2, 0.25) is 0 Å². The van der Waals surface area contributed by atoms with Crippen LogP contribution >= 0.6 is 11.8 Å². The number of anilines is 1. The molecule has 1 N–H and O–H groups in total. The molecule has 27 heavy (non-hydrogen) atoms. The normalized spacial score (nSPS) is 23.5. The molecule has 1 amide bonds. The van der Waals surface area contributed by atoms with E-state index < -0.39 is 22.5 Å². The number of carbonyl (C=O) groups is 1. The van der Waals surface area contributed by atoms with Crippen LogP contribution in [0.5, 0.6) is 0 Å². The van der Waals surface area contributed by atoms with Crippen LogP contribution in [0.1, 0.15) is 17.5 Å². The number of nitrogens with zero attached hydrogens (tertiary/aromatic N) is 1. The highest BCUT2D eigenvalue weighted by molar-refractivity contribution is 8.01. The maximum atomic E-state index is 13.3. The monoisotopic (exact) mass is 394 g/mol. The molecule has 0 aliphatic carbocycles. The van der Waals surface area contributed by atoms with Crippen LogP contribution in [0.15, 0.2) is 54.6 Å². The zero-order valence-electron chi connectivity index (χ0n) is 14.2. The number of halogens is 3. The zero-order chi connectivity index (χ0) is 19.1. The van der Waals surface area contributed by atoms with Crippen LogP contribution in [0, 0.1) is 0 Å². The number of hydrogen-bond donors (Lipinski definition) is 1. The molecule has 8 heteroatoms. The number of hydrogen-bond acceptors (Lipinski definition) is 4. The van der Waals surface area contributed by atoms with Crippen molar-refractivity contribution in [2.45, 2.75) is 29.4 Å². The summed E-state index contributed by atoms with van der Waals surface area (Å²) in [5.74, 6) is 0. The first-order chi connectivity index (χ1) is 12.9. The van der Waals surface area contributed by atoms with E-state index in [1.54, 1.807) is 24.3 Å². The minimum Gasteiger partial charge on any atom is -0.444 e. The molecule has 4 nitrogen and oxygen atoms in total. The van der Waals surface area contributed by atoms with Crippen molar-refractivity contribution in [3.8, 4) is 0 Å². The Morgan fingerprint density at radius 3 is 2.63 bits per heavy atom. The number of thioether (sulfide) groups is 1. The fraction of sp³-hybridized carbons (Fsp3) is 0.316. The van der Waals surface area contributed by atoms with Crippen molar-refractivity contribution < 1.29 is 22.7 Å². The molecule has 2 aromatic rings. The van der Waals surface area contributed by atoms with E-state index in [1.165, 1.54) is 4.90 Å². The zero-order valence-corrected chi connectivity index (χ0v) is 15.0. The van der Waals surface area contributed by atoms with Crippen LogP contribution in [0.4, 0.5) is 23.7 Å². The summed E-state index contributed by atoms with van der Waals surface area (Å²) in [6.45, 7) is 0.276. The Bertz CT molecular complexity index is 846. The summed E-state index contributed by atoms with van der Waals surface area (Å²) in [6, 6.07) is 16.1. The Morgan fingerprint density at radius 2 is 1.89 bits per heavy atom. The average Bonchev–Trinajstić information content (AvgIpc) is 3.12. The predicted molar refractivity (Wildman–Crippen MR) is 97.1 cm³/mol. The highest BCUT2D eigenvalue weighted by atomic mass is 32.2. The molecule has 0 spiro atoms. The lowest BCUT2D eigenvalue weighted by molar-refractivity contribution is -0.0347. The van der Waals surface area contributed by atoms with E-state index in [9.17, 15) is 18.0 Å². The van der Waals surface area contributed by atoms with Gasteiger partial charge < -0.3 is 10.1 Å². The van der Waals surface area contributed by atoms with Crippen molar-refractivity contribution in [2.75, 3.05) is 11.9 Å². The van der Waals surface area contributed by atoms with E-state index in [0.29, 0.717) is 11.3 Å². The lowest BCUT2D eigenvalue weighted by Crippen LogP contribution is -2.45. The Labute approximate surface area is 158 Å². The van der Waals surface area contributed by atoms with Crippen molar-refractivity contribution in [3.63, 3.8) is 0 Å². The SMILES string of the molecule is O=C(OCc1ccccc1)N1CC[C@@]2(SC(F)(F)F)c3ccccc3N[C@@H]12. The van der Waals surface area contributed by atoms with E-state index in [2.05, 4.69) is 5.32 Å². The number of benzene rings is 2. The summed E-state index contributed by atoms with van der Waals surface area (Å²) in [5, 5.41) is 3.09. The van der Waals surface area contributed by atoms with Crippen molar-refractivity contribution in [2.24, 2.45) is 0 Å². The van der Waals surface area contributed by atoms with Gasteiger partial charge in [-0.15, -0.1) is 0 Å². The Morgan fingerprint density at radius 1 is 1.19 bits per heavy atom. The molecule has 0 aromatic heterocycles. The van der Waals surface area contributed by atoms with Gasteiger partial charge in [0, 0.05) is 12.2 Å². The Balaban J connectivity index is 1.56. The van der Waals surface area contributed by atoms with Crippen LogP contribution in [0.25, 0.3) is 0 Å². The van der Waals surface area contributed by atoms with Gasteiger partial charge in [-0.2, -0.15) is 13.2 Å². The molecular formula is C19H17F3N2O2S. The van der Waals surface area contributed by atoms with E-state index in [0.717, 1.165) is 5.56 Å². The number of nitrogens with one attached hydrogen (secondary N) is 1. The largest absolute Gasteiger partial charge is 0.444 e. The third kappa shape index (κ3) is 3.34. The molecule has 0 unspecified atom stereocenters. The lowest BCUT2D eigenvalue weighted by atomic mass is 9.97. The van der Waals surface area contributed by atoms with Gasteiger partial charge in [-0.25, -0.2) is 4.79 Å². The minimum atomic E-state index is -4.42. The van der Waals surface area contributed by atoms with Crippen LogP contribution < -0.4 is 5.32 Å². The third-order valence-corrected chi connectivity index (χ3v) is 6.13. The van der Waals surface area contributed by atoms with Crippen LogP contribution in [0.2, 0.25) is 0 Å². The number of para-hydroxylation sites is 1. The van der Waals surface area contributed by atoms with E-state index >= 15 is 0 Å². The van der Waals surface area contributed by atoms with Crippen LogP contribution in [0.3, 0.4) is 0 Å².